The molecule has 2 unspecified atom stereocenters. The largest absolute Gasteiger partial charge is 0.380 e. The molecule has 100 valence electrons. The van der Waals surface area contributed by atoms with Gasteiger partial charge in [0.25, 0.3) is 0 Å². The summed E-state index contributed by atoms with van der Waals surface area (Å²) in [6.45, 7) is 4.07. The van der Waals surface area contributed by atoms with Crippen LogP contribution in [0, 0.1) is 11.8 Å². The lowest BCUT2D eigenvalue weighted by Crippen LogP contribution is -2.40. The molecule has 2 aliphatic rings. The SMILES string of the molecule is CN(CCOCC1CC1)CC1CCCCC1N. The van der Waals surface area contributed by atoms with E-state index in [1.807, 2.05) is 0 Å². The molecule has 0 radical (unpaired) electrons. The summed E-state index contributed by atoms with van der Waals surface area (Å²) in [5, 5.41) is 0. The standard InChI is InChI=1S/C14H28N2O/c1-16(8-9-17-11-12-6-7-12)10-13-4-2-3-5-14(13)15/h12-14H,2-11,15H2,1H3. The first kappa shape index (κ1) is 13.3. The Morgan fingerprint density at radius 2 is 1.94 bits per heavy atom. The topological polar surface area (TPSA) is 38.5 Å². The Labute approximate surface area is 106 Å². The highest BCUT2D eigenvalue weighted by Crippen LogP contribution is 2.28. The van der Waals surface area contributed by atoms with Crippen molar-refractivity contribution in [2.75, 3.05) is 33.4 Å². The van der Waals surface area contributed by atoms with Crippen molar-refractivity contribution in [3.05, 3.63) is 0 Å². The Morgan fingerprint density at radius 3 is 2.65 bits per heavy atom. The van der Waals surface area contributed by atoms with Gasteiger partial charge in [-0.25, -0.2) is 0 Å². The van der Waals surface area contributed by atoms with Crippen LogP contribution in [-0.4, -0.2) is 44.3 Å². The van der Waals surface area contributed by atoms with E-state index < -0.39 is 0 Å². The molecule has 2 atom stereocenters. The van der Waals surface area contributed by atoms with E-state index in [1.54, 1.807) is 0 Å². The van der Waals surface area contributed by atoms with Crippen LogP contribution in [0.4, 0.5) is 0 Å². The van der Waals surface area contributed by atoms with E-state index in [4.69, 9.17) is 10.5 Å². The number of nitrogens with two attached hydrogens (primary N) is 1. The number of likely N-dealkylation sites (N-methyl/N-ethyl adjacent to an activating group) is 1. The van der Waals surface area contributed by atoms with Crippen molar-refractivity contribution in [1.29, 1.82) is 0 Å². The molecule has 2 saturated carbocycles. The van der Waals surface area contributed by atoms with Gasteiger partial charge in [0.1, 0.15) is 0 Å². The quantitative estimate of drug-likeness (QED) is 0.690. The summed E-state index contributed by atoms with van der Waals surface area (Å²) in [6.07, 6.45) is 7.99. The lowest BCUT2D eigenvalue weighted by atomic mass is 9.85. The second kappa shape index (κ2) is 6.72. The first-order valence-electron chi connectivity index (χ1n) is 7.27. The predicted molar refractivity (Wildman–Crippen MR) is 71.0 cm³/mol. The van der Waals surface area contributed by atoms with Gasteiger partial charge in [-0.15, -0.1) is 0 Å². The molecule has 2 aliphatic carbocycles. The lowest BCUT2D eigenvalue weighted by molar-refractivity contribution is 0.0949. The maximum atomic E-state index is 6.17. The van der Waals surface area contributed by atoms with Crippen LogP contribution in [0.5, 0.6) is 0 Å². The van der Waals surface area contributed by atoms with Gasteiger partial charge in [-0.3, -0.25) is 0 Å². The van der Waals surface area contributed by atoms with E-state index in [2.05, 4.69) is 11.9 Å². The zero-order valence-electron chi connectivity index (χ0n) is 11.2. The monoisotopic (exact) mass is 240 g/mol. The number of ether oxygens (including phenoxy) is 1. The van der Waals surface area contributed by atoms with Crippen molar-refractivity contribution in [2.45, 2.75) is 44.6 Å². The van der Waals surface area contributed by atoms with Gasteiger partial charge in [0.05, 0.1) is 6.61 Å². The molecular weight excluding hydrogens is 212 g/mol. The molecule has 0 aromatic carbocycles. The lowest BCUT2D eigenvalue weighted by Gasteiger charge is -2.32. The average Bonchev–Trinajstić information content (AvgIpc) is 3.12. The first-order chi connectivity index (χ1) is 8.25. The van der Waals surface area contributed by atoms with Crippen LogP contribution in [0.3, 0.4) is 0 Å². The maximum Gasteiger partial charge on any atom is 0.0593 e. The number of nitrogens with zero attached hydrogens (tertiary/aromatic N) is 1. The fraction of sp³-hybridized carbons (Fsp3) is 1.00. The summed E-state index contributed by atoms with van der Waals surface area (Å²) in [6, 6.07) is 0.429. The van der Waals surface area contributed by atoms with Crippen LogP contribution < -0.4 is 5.73 Å². The zero-order valence-corrected chi connectivity index (χ0v) is 11.2. The van der Waals surface area contributed by atoms with E-state index in [-0.39, 0.29) is 0 Å². The van der Waals surface area contributed by atoms with Crippen LogP contribution in [0.2, 0.25) is 0 Å². The molecule has 0 aromatic heterocycles. The van der Waals surface area contributed by atoms with Crippen LogP contribution >= 0.6 is 0 Å². The Balaban J connectivity index is 1.53. The minimum Gasteiger partial charge on any atom is -0.380 e. The minimum absolute atomic E-state index is 0.429. The maximum absolute atomic E-state index is 6.17. The Kier molecular flexibility index (Phi) is 5.26. The fourth-order valence-corrected chi connectivity index (χ4v) is 2.71. The van der Waals surface area contributed by atoms with Crippen molar-refractivity contribution < 1.29 is 4.74 Å². The summed E-state index contributed by atoms with van der Waals surface area (Å²) in [4.78, 5) is 2.39. The van der Waals surface area contributed by atoms with E-state index in [9.17, 15) is 0 Å². The van der Waals surface area contributed by atoms with Gasteiger partial charge in [-0.2, -0.15) is 0 Å². The number of hydrogen-bond acceptors (Lipinski definition) is 3. The molecule has 0 aromatic rings. The smallest absolute Gasteiger partial charge is 0.0593 e. The second-order valence-corrected chi connectivity index (χ2v) is 5.99. The van der Waals surface area contributed by atoms with Crippen LogP contribution in [0.25, 0.3) is 0 Å². The van der Waals surface area contributed by atoms with Gasteiger partial charge in [0.15, 0.2) is 0 Å². The van der Waals surface area contributed by atoms with Crippen molar-refractivity contribution in [1.82, 2.24) is 4.90 Å². The van der Waals surface area contributed by atoms with Gasteiger partial charge < -0.3 is 15.4 Å². The molecule has 3 nitrogen and oxygen atoms in total. The van der Waals surface area contributed by atoms with Gasteiger partial charge in [0.2, 0.25) is 0 Å². The van der Waals surface area contributed by atoms with Gasteiger partial charge in [0, 0.05) is 25.7 Å². The minimum atomic E-state index is 0.429. The average molecular weight is 240 g/mol. The molecular formula is C14H28N2O. The fourth-order valence-electron chi connectivity index (χ4n) is 2.71. The highest BCUT2D eigenvalue weighted by molar-refractivity contribution is 4.79. The Morgan fingerprint density at radius 1 is 1.18 bits per heavy atom. The summed E-state index contributed by atoms with van der Waals surface area (Å²) < 4.78 is 5.67. The van der Waals surface area contributed by atoms with Crippen LogP contribution in [-0.2, 0) is 4.74 Å². The van der Waals surface area contributed by atoms with Gasteiger partial charge in [-0.05, 0) is 44.6 Å². The Bertz CT molecular complexity index is 218. The molecule has 17 heavy (non-hydrogen) atoms. The molecule has 2 N–H and O–H groups in total. The number of hydrogen-bond donors (Lipinski definition) is 1. The van der Waals surface area contributed by atoms with Gasteiger partial charge in [-0.1, -0.05) is 12.8 Å². The third kappa shape index (κ3) is 4.94. The van der Waals surface area contributed by atoms with Crippen molar-refractivity contribution in [3.8, 4) is 0 Å². The normalized spacial score (nSPS) is 29.8. The molecule has 2 rings (SSSR count). The highest BCUT2D eigenvalue weighted by atomic mass is 16.5. The third-order valence-corrected chi connectivity index (χ3v) is 4.18. The van der Waals surface area contributed by atoms with Crippen molar-refractivity contribution >= 4 is 0 Å². The number of rotatable bonds is 7. The predicted octanol–water partition coefficient (Wildman–Crippen LogP) is 1.86. The summed E-state index contributed by atoms with van der Waals surface area (Å²) >= 11 is 0. The van der Waals surface area contributed by atoms with E-state index in [1.165, 1.54) is 38.5 Å². The summed E-state index contributed by atoms with van der Waals surface area (Å²) in [5.74, 6) is 1.59. The second-order valence-electron chi connectivity index (χ2n) is 5.99. The molecule has 0 aliphatic heterocycles. The molecule has 0 bridgehead atoms. The van der Waals surface area contributed by atoms with Gasteiger partial charge >= 0.3 is 0 Å². The van der Waals surface area contributed by atoms with E-state index in [0.717, 1.165) is 32.2 Å². The van der Waals surface area contributed by atoms with Crippen molar-refractivity contribution in [3.63, 3.8) is 0 Å². The summed E-state index contributed by atoms with van der Waals surface area (Å²) in [5.41, 5.74) is 6.17. The Hall–Kier alpha value is -0.120. The first-order valence-corrected chi connectivity index (χ1v) is 7.27. The summed E-state index contributed by atoms with van der Waals surface area (Å²) in [7, 11) is 2.20. The van der Waals surface area contributed by atoms with E-state index >= 15 is 0 Å². The molecule has 0 saturated heterocycles. The molecule has 0 heterocycles. The molecule has 0 spiro atoms. The molecule has 2 fully saturated rings. The highest BCUT2D eigenvalue weighted by Gasteiger charge is 2.23. The third-order valence-electron chi connectivity index (χ3n) is 4.18. The zero-order chi connectivity index (χ0) is 12.1. The van der Waals surface area contributed by atoms with Crippen molar-refractivity contribution in [2.24, 2.45) is 17.6 Å². The van der Waals surface area contributed by atoms with Crippen LogP contribution in [0.15, 0.2) is 0 Å². The van der Waals surface area contributed by atoms with E-state index in [0.29, 0.717) is 12.0 Å². The molecule has 0 amide bonds. The molecule has 3 heteroatoms. The van der Waals surface area contributed by atoms with Crippen LogP contribution in [0.1, 0.15) is 38.5 Å².